The Labute approximate surface area is 97.9 Å². The molecule has 0 bridgehead atoms. The maximum absolute atomic E-state index is 10.8. The Morgan fingerprint density at radius 1 is 1.50 bits per heavy atom. The predicted molar refractivity (Wildman–Crippen MR) is 57.9 cm³/mol. The third-order valence-corrected chi connectivity index (χ3v) is 2.42. The number of nitrogens with zero attached hydrogens (tertiary/aromatic N) is 1. The van der Waals surface area contributed by atoms with E-state index in [0.29, 0.717) is 10.0 Å². The van der Waals surface area contributed by atoms with Crippen molar-refractivity contribution in [1.82, 2.24) is 0 Å². The SMILES string of the molecule is CC(=O)Oc1c(Br)cc(Br)cc1C#N. The third-order valence-electron chi connectivity index (χ3n) is 1.37. The molecule has 3 nitrogen and oxygen atoms in total. The molecule has 1 rings (SSSR count). The molecular formula is C9H5Br2NO2. The van der Waals surface area contributed by atoms with Crippen molar-refractivity contribution >= 4 is 37.8 Å². The lowest BCUT2D eigenvalue weighted by Gasteiger charge is -2.06. The lowest BCUT2D eigenvalue weighted by molar-refractivity contribution is -0.131. The Balaban J connectivity index is 3.27. The van der Waals surface area contributed by atoms with Crippen LogP contribution in [0.25, 0.3) is 0 Å². The minimum Gasteiger partial charge on any atom is -0.424 e. The van der Waals surface area contributed by atoms with Gasteiger partial charge < -0.3 is 4.74 Å². The van der Waals surface area contributed by atoms with Crippen molar-refractivity contribution in [2.45, 2.75) is 6.92 Å². The molecule has 0 saturated carbocycles. The summed E-state index contributed by atoms with van der Waals surface area (Å²) in [6.07, 6.45) is 0. The second-order valence-corrected chi connectivity index (χ2v) is 4.24. The van der Waals surface area contributed by atoms with Gasteiger partial charge in [0.25, 0.3) is 0 Å². The largest absolute Gasteiger partial charge is 0.424 e. The van der Waals surface area contributed by atoms with Crippen molar-refractivity contribution in [3.05, 3.63) is 26.6 Å². The van der Waals surface area contributed by atoms with Gasteiger partial charge in [0.15, 0.2) is 5.75 Å². The van der Waals surface area contributed by atoms with E-state index in [1.165, 1.54) is 6.92 Å². The molecule has 14 heavy (non-hydrogen) atoms. The molecule has 1 aromatic rings. The van der Waals surface area contributed by atoms with Gasteiger partial charge in [-0.1, -0.05) is 15.9 Å². The van der Waals surface area contributed by atoms with Crippen LogP contribution in [0.5, 0.6) is 5.75 Å². The fraction of sp³-hybridized carbons (Fsp3) is 0.111. The molecule has 0 heterocycles. The molecule has 0 unspecified atom stereocenters. The number of benzene rings is 1. The molecular weight excluding hydrogens is 314 g/mol. The highest BCUT2D eigenvalue weighted by molar-refractivity contribution is 9.11. The van der Waals surface area contributed by atoms with Crippen LogP contribution in [0.2, 0.25) is 0 Å². The normalized spacial score (nSPS) is 9.29. The minimum atomic E-state index is -0.454. The average Bonchev–Trinajstić information content (AvgIpc) is 2.08. The first kappa shape index (κ1) is 11.2. The van der Waals surface area contributed by atoms with Crippen molar-refractivity contribution in [2.24, 2.45) is 0 Å². The molecule has 0 N–H and O–H groups in total. The van der Waals surface area contributed by atoms with Crippen LogP contribution in [0, 0.1) is 11.3 Å². The van der Waals surface area contributed by atoms with Gasteiger partial charge in [-0.15, -0.1) is 0 Å². The standard InChI is InChI=1S/C9H5Br2NO2/c1-5(13)14-9-6(4-12)2-7(10)3-8(9)11/h2-3H,1H3. The number of halogens is 2. The second-order valence-electron chi connectivity index (χ2n) is 2.47. The topological polar surface area (TPSA) is 50.1 Å². The molecule has 72 valence electrons. The van der Waals surface area contributed by atoms with Gasteiger partial charge in [-0.3, -0.25) is 4.79 Å². The summed E-state index contributed by atoms with van der Waals surface area (Å²) >= 11 is 6.44. The van der Waals surface area contributed by atoms with Gasteiger partial charge in [-0.05, 0) is 28.1 Å². The smallest absolute Gasteiger partial charge is 0.308 e. The summed E-state index contributed by atoms with van der Waals surface area (Å²) in [4.78, 5) is 10.8. The summed E-state index contributed by atoms with van der Waals surface area (Å²) in [5.41, 5.74) is 0.307. The average molecular weight is 319 g/mol. The van der Waals surface area contributed by atoms with Crippen LogP contribution in [0.1, 0.15) is 12.5 Å². The Morgan fingerprint density at radius 2 is 2.14 bits per heavy atom. The van der Waals surface area contributed by atoms with E-state index in [1.807, 2.05) is 6.07 Å². The van der Waals surface area contributed by atoms with Crippen LogP contribution >= 0.6 is 31.9 Å². The Hall–Kier alpha value is -0.860. The highest BCUT2D eigenvalue weighted by Gasteiger charge is 2.11. The molecule has 0 atom stereocenters. The molecule has 5 heteroatoms. The van der Waals surface area contributed by atoms with Crippen LogP contribution in [0.15, 0.2) is 21.1 Å². The van der Waals surface area contributed by atoms with Crippen LogP contribution in [-0.2, 0) is 4.79 Å². The summed E-state index contributed by atoms with van der Waals surface area (Å²) in [6.45, 7) is 1.29. The molecule has 0 aliphatic heterocycles. The van der Waals surface area contributed by atoms with E-state index in [4.69, 9.17) is 10.00 Å². The monoisotopic (exact) mass is 317 g/mol. The summed E-state index contributed by atoms with van der Waals surface area (Å²) in [5, 5.41) is 8.80. The first-order valence-electron chi connectivity index (χ1n) is 3.62. The van der Waals surface area contributed by atoms with Gasteiger partial charge >= 0.3 is 5.97 Å². The predicted octanol–water partition coefficient (Wildman–Crippen LogP) is 3.01. The van der Waals surface area contributed by atoms with E-state index in [-0.39, 0.29) is 5.75 Å². The van der Waals surface area contributed by atoms with Crippen molar-refractivity contribution in [3.63, 3.8) is 0 Å². The molecule has 0 amide bonds. The molecule has 0 aromatic heterocycles. The van der Waals surface area contributed by atoms with E-state index in [2.05, 4.69) is 31.9 Å². The summed E-state index contributed by atoms with van der Waals surface area (Å²) in [6, 6.07) is 5.24. The van der Waals surface area contributed by atoms with Crippen LogP contribution in [0.4, 0.5) is 0 Å². The first-order valence-corrected chi connectivity index (χ1v) is 5.20. The Morgan fingerprint density at radius 3 is 2.64 bits per heavy atom. The van der Waals surface area contributed by atoms with Crippen molar-refractivity contribution < 1.29 is 9.53 Å². The molecule has 1 aromatic carbocycles. The summed E-state index contributed by atoms with van der Waals surface area (Å²) in [7, 11) is 0. The van der Waals surface area contributed by atoms with Crippen molar-refractivity contribution in [1.29, 1.82) is 5.26 Å². The molecule has 0 fully saturated rings. The second kappa shape index (κ2) is 4.58. The van der Waals surface area contributed by atoms with E-state index >= 15 is 0 Å². The number of esters is 1. The number of carbonyl (C=O) groups is 1. The van der Waals surface area contributed by atoms with E-state index < -0.39 is 5.97 Å². The summed E-state index contributed by atoms with van der Waals surface area (Å²) < 4.78 is 6.21. The fourth-order valence-corrected chi connectivity index (χ4v) is 2.20. The third kappa shape index (κ3) is 2.56. The number of hydrogen-bond acceptors (Lipinski definition) is 3. The fourth-order valence-electron chi connectivity index (χ4n) is 0.891. The van der Waals surface area contributed by atoms with Crippen molar-refractivity contribution in [3.8, 4) is 11.8 Å². The highest BCUT2D eigenvalue weighted by atomic mass is 79.9. The number of nitriles is 1. The van der Waals surface area contributed by atoms with Gasteiger partial charge in [-0.2, -0.15) is 5.26 Å². The van der Waals surface area contributed by atoms with Crippen LogP contribution < -0.4 is 4.74 Å². The molecule has 0 spiro atoms. The molecule has 0 saturated heterocycles. The highest BCUT2D eigenvalue weighted by Crippen LogP contribution is 2.32. The summed E-state index contributed by atoms with van der Waals surface area (Å²) in [5.74, 6) is -0.201. The van der Waals surface area contributed by atoms with Gasteiger partial charge in [0, 0.05) is 11.4 Å². The molecule has 0 radical (unpaired) electrons. The number of ether oxygens (including phenoxy) is 1. The van der Waals surface area contributed by atoms with Gasteiger partial charge in [0.1, 0.15) is 6.07 Å². The zero-order valence-electron chi connectivity index (χ0n) is 7.17. The van der Waals surface area contributed by atoms with Crippen LogP contribution in [-0.4, -0.2) is 5.97 Å². The Bertz CT molecular complexity index is 424. The number of carbonyl (C=O) groups excluding carboxylic acids is 1. The van der Waals surface area contributed by atoms with Crippen LogP contribution in [0.3, 0.4) is 0 Å². The zero-order valence-corrected chi connectivity index (χ0v) is 10.3. The lowest BCUT2D eigenvalue weighted by Crippen LogP contribution is -2.03. The Kier molecular flexibility index (Phi) is 3.67. The zero-order chi connectivity index (χ0) is 10.7. The minimum absolute atomic E-state index is 0.253. The first-order chi connectivity index (χ1) is 6.54. The molecule has 0 aliphatic rings. The van der Waals surface area contributed by atoms with E-state index in [1.54, 1.807) is 12.1 Å². The molecule has 0 aliphatic carbocycles. The van der Waals surface area contributed by atoms with Gasteiger partial charge in [0.05, 0.1) is 10.0 Å². The number of hydrogen-bond donors (Lipinski definition) is 0. The quantitative estimate of drug-likeness (QED) is 0.591. The van der Waals surface area contributed by atoms with E-state index in [9.17, 15) is 4.79 Å². The van der Waals surface area contributed by atoms with Crippen molar-refractivity contribution in [2.75, 3.05) is 0 Å². The van der Waals surface area contributed by atoms with Gasteiger partial charge in [0.2, 0.25) is 0 Å². The maximum atomic E-state index is 10.8. The van der Waals surface area contributed by atoms with Gasteiger partial charge in [-0.25, -0.2) is 0 Å². The van der Waals surface area contributed by atoms with E-state index in [0.717, 1.165) is 4.47 Å². The lowest BCUT2D eigenvalue weighted by atomic mass is 10.2. The number of rotatable bonds is 1. The maximum Gasteiger partial charge on any atom is 0.308 e.